The number of hydrogen-bond donors (Lipinski definition) is 0. The molecule has 1 atom stereocenters. The van der Waals surface area contributed by atoms with Gasteiger partial charge in [-0.2, -0.15) is 0 Å². The van der Waals surface area contributed by atoms with Crippen molar-refractivity contribution in [2.75, 3.05) is 7.11 Å². The monoisotopic (exact) mass is 402 g/mol. The highest BCUT2D eigenvalue weighted by Gasteiger charge is 2.23. The van der Waals surface area contributed by atoms with Crippen LogP contribution < -0.4 is 0 Å². The minimum atomic E-state index is -0.406. The maximum absolute atomic E-state index is 13.4. The van der Waals surface area contributed by atoms with Crippen LogP contribution in [0.15, 0.2) is 60.8 Å². The summed E-state index contributed by atoms with van der Waals surface area (Å²) in [6, 6.07) is 16.5. The zero-order chi connectivity index (χ0) is 21.4. The first kappa shape index (κ1) is 19.8. The summed E-state index contributed by atoms with van der Waals surface area (Å²) in [6.45, 7) is 5.89. The first-order chi connectivity index (χ1) is 14.4. The van der Waals surface area contributed by atoms with Gasteiger partial charge in [-0.15, -0.1) is 0 Å². The second kappa shape index (κ2) is 7.75. The summed E-state index contributed by atoms with van der Waals surface area (Å²) in [5, 5.41) is 0.874. The lowest BCUT2D eigenvalue weighted by Gasteiger charge is -2.18. The first-order valence-electron chi connectivity index (χ1n) is 9.82. The standard InChI is InChI=1S/C25H23FN2O2/c1-15-5-7-19(8-6-15)23-21-13-14-28(17(3)18-9-11-20(26)12-10-18)24(21)27-16(2)22(23)25(29)30-4/h5-14,17H,1-4H3. The molecule has 0 aliphatic rings. The maximum atomic E-state index is 13.4. The van der Waals surface area contributed by atoms with Crippen molar-refractivity contribution < 1.29 is 13.9 Å². The molecule has 0 aliphatic heterocycles. The SMILES string of the molecule is COC(=O)c1c(C)nc2c(ccn2C(C)c2ccc(F)cc2)c1-c1ccc(C)cc1. The van der Waals surface area contributed by atoms with Crippen LogP contribution in [-0.2, 0) is 4.74 Å². The average molecular weight is 402 g/mol. The third-order valence-electron chi connectivity index (χ3n) is 5.54. The third kappa shape index (κ3) is 3.36. The Hall–Kier alpha value is -3.47. The van der Waals surface area contributed by atoms with Crippen molar-refractivity contribution in [3.8, 4) is 11.1 Å². The minimum absolute atomic E-state index is 0.0511. The van der Waals surface area contributed by atoms with Crippen LogP contribution in [0.2, 0.25) is 0 Å². The molecule has 2 aromatic carbocycles. The van der Waals surface area contributed by atoms with Gasteiger partial charge < -0.3 is 9.30 Å². The number of pyridine rings is 1. The summed E-state index contributed by atoms with van der Waals surface area (Å²) < 4.78 is 20.5. The Morgan fingerprint density at radius 2 is 1.70 bits per heavy atom. The van der Waals surface area contributed by atoms with Crippen LogP contribution >= 0.6 is 0 Å². The number of methoxy groups -OCH3 is 1. The second-order valence-electron chi connectivity index (χ2n) is 7.49. The van der Waals surface area contributed by atoms with Crippen LogP contribution in [0.3, 0.4) is 0 Å². The molecule has 30 heavy (non-hydrogen) atoms. The summed E-state index contributed by atoms with van der Waals surface area (Å²) in [7, 11) is 1.38. The van der Waals surface area contributed by atoms with Crippen molar-refractivity contribution in [1.29, 1.82) is 0 Å². The van der Waals surface area contributed by atoms with Gasteiger partial charge in [0, 0.05) is 17.1 Å². The van der Waals surface area contributed by atoms with Crippen LogP contribution in [0.4, 0.5) is 4.39 Å². The lowest BCUT2D eigenvalue weighted by atomic mass is 9.95. The zero-order valence-corrected chi connectivity index (χ0v) is 17.4. The molecule has 0 spiro atoms. The summed E-state index contributed by atoms with van der Waals surface area (Å²) in [5.41, 5.74) is 5.72. The molecule has 4 aromatic rings. The van der Waals surface area contributed by atoms with Crippen LogP contribution in [-0.4, -0.2) is 22.6 Å². The zero-order valence-electron chi connectivity index (χ0n) is 17.4. The molecule has 5 heteroatoms. The van der Waals surface area contributed by atoms with Crippen molar-refractivity contribution in [3.05, 3.63) is 89.0 Å². The number of carbonyl (C=O) groups is 1. The Morgan fingerprint density at radius 3 is 2.33 bits per heavy atom. The molecule has 0 bridgehead atoms. The van der Waals surface area contributed by atoms with Crippen LogP contribution in [0.1, 0.15) is 40.1 Å². The van der Waals surface area contributed by atoms with Gasteiger partial charge in [0.05, 0.1) is 24.4 Å². The molecule has 0 amide bonds. The van der Waals surface area contributed by atoms with E-state index in [-0.39, 0.29) is 11.9 Å². The van der Waals surface area contributed by atoms with Crippen molar-refractivity contribution in [2.24, 2.45) is 0 Å². The van der Waals surface area contributed by atoms with Crippen molar-refractivity contribution in [2.45, 2.75) is 26.8 Å². The highest BCUT2D eigenvalue weighted by atomic mass is 19.1. The van der Waals surface area contributed by atoms with Crippen molar-refractivity contribution in [1.82, 2.24) is 9.55 Å². The number of benzene rings is 2. The van der Waals surface area contributed by atoms with E-state index in [1.165, 1.54) is 19.2 Å². The highest BCUT2D eigenvalue weighted by Crippen LogP contribution is 2.36. The molecule has 0 fully saturated rings. The quantitative estimate of drug-likeness (QED) is 0.402. The van der Waals surface area contributed by atoms with E-state index in [2.05, 4.69) is 0 Å². The number of esters is 1. The predicted molar refractivity (Wildman–Crippen MR) is 116 cm³/mol. The van der Waals surface area contributed by atoms with Crippen LogP contribution in [0.25, 0.3) is 22.2 Å². The molecule has 4 nitrogen and oxygen atoms in total. The molecular weight excluding hydrogens is 379 g/mol. The van der Waals surface area contributed by atoms with Gasteiger partial charge in [-0.25, -0.2) is 14.2 Å². The maximum Gasteiger partial charge on any atom is 0.340 e. The Bertz CT molecular complexity index is 1220. The van der Waals surface area contributed by atoms with Crippen LogP contribution in [0.5, 0.6) is 0 Å². The van der Waals surface area contributed by atoms with Gasteiger partial charge in [0.1, 0.15) is 11.5 Å². The molecule has 0 saturated carbocycles. The fourth-order valence-electron chi connectivity index (χ4n) is 3.87. The number of halogens is 1. The summed E-state index contributed by atoms with van der Waals surface area (Å²) in [6.07, 6.45) is 1.96. The van der Waals surface area contributed by atoms with Crippen molar-refractivity contribution in [3.63, 3.8) is 0 Å². The molecular formula is C25H23FN2O2. The summed E-state index contributed by atoms with van der Waals surface area (Å²) in [5.74, 6) is -0.668. The number of carbonyl (C=O) groups excluding carboxylic acids is 1. The minimum Gasteiger partial charge on any atom is -0.465 e. The van der Waals surface area contributed by atoms with Crippen LogP contribution in [0, 0.1) is 19.7 Å². The predicted octanol–water partition coefficient (Wildman–Crippen LogP) is 5.86. The molecule has 152 valence electrons. The number of aromatic nitrogens is 2. The number of ether oxygens (including phenoxy) is 1. The van der Waals surface area contributed by atoms with E-state index in [4.69, 9.17) is 9.72 Å². The van der Waals surface area contributed by atoms with Gasteiger partial charge in [-0.1, -0.05) is 42.0 Å². The van der Waals surface area contributed by atoms with Gasteiger partial charge in [0.2, 0.25) is 0 Å². The van der Waals surface area contributed by atoms with Crippen molar-refractivity contribution >= 4 is 17.0 Å². The molecule has 0 radical (unpaired) electrons. The second-order valence-corrected chi connectivity index (χ2v) is 7.49. The lowest BCUT2D eigenvalue weighted by Crippen LogP contribution is -2.11. The Kier molecular flexibility index (Phi) is 5.12. The molecule has 4 rings (SSSR count). The third-order valence-corrected chi connectivity index (χ3v) is 5.54. The first-order valence-corrected chi connectivity index (χ1v) is 9.82. The normalized spacial score (nSPS) is 12.2. The fraction of sp³-hybridized carbons (Fsp3) is 0.200. The summed E-state index contributed by atoms with van der Waals surface area (Å²) in [4.78, 5) is 17.4. The number of rotatable bonds is 4. The number of nitrogens with zero attached hydrogens (tertiary/aromatic N) is 2. The van der Waals surface area contributed by atoms with Gasteiger partial charge in [0.25, 0.3) is 0 Å². The van der Waals surface area contributed by atoms with E-state index in [0.717, 1.165) is 33.3 Å². The van der Waals surface area contributed by atoms with Gasteiger partial charge in [0.15, 0.2) is 0 Å². The van der Waals surface area contributed by atoms with E-state index in [9.17, 15) is 9.18 Å². The van der Waals surface area contributed by atoms with E-state index in [1.807, 2.05) is 61.9 Å². The number of fused-ring (bicyclic) bond motifs is 1. The molecule has 1 unspecified atom stereocenters. The highest BCUT2D eigenvalue weighted by molar-refractivity contribution is 6.07. The lowest BCUT2D eigenvalue weighted by molar-refractivity contribution is 0.0600. The Balaban J connectivity index is 1.97. The smallest absolute Gasteiger partial charge is 0.340 e. The molecule has 2 aromatic heterocycles. The molecule has 0 saturated heterocycles. The number of hydrogen-bond acceptors (Lipinski definition) is 3. The topological polar surface area (TPSA) is 44.1 Å². The molecule has 0 N–H and O–H groups in total. The van der Waals surface area contributed by atoms with Gasteiger partial charge >= 0.3 is 5.97 Å². The van der Waals surface area contributed by atoms with E-state index < -0.39 is 5.97 Å². The fourth-order valence-corrected chi connectivity index (χ4v) is 3.87. The van der Waals surface area contributed by atoms with Gasteiger partial charge in [-0.3, -0.25) is 0 Å². The molecule has 0 aliphatic carbocycles. The summed E-state index contributed by atoms with van der Waals surface area (Å²) >= 11 is 0. The average Bonchev–Trinajstić information content (AvgIpc) is 3.16. The van der Waals surface area contributed by atoms with E-state index in [0.29, 0.717) is 11.3 Å². The van der Waals surface area contributed by atoms with E-state index in [1.54, 1.807) is 12.1 Å². The molecule has 2 heterocycles. The Morgan fingerprint density at radius 1 is 1.03 bits per heavy atom. The largest absolute Gasteiger partial charge is 0.465 e. The van der Waals surface area contributed by atoms with Gasteiger partial charge in [-0.05, 0) is 50.1 Å². The number of aryl methyl sites for hydroxylation is 2. The Labute approximate surface area is 174 Å². The van der Waals surface area contributed by atoms with E-state index >= 15 is 0 Å².